The smallest absolute Gasteiger partial charge is 0.261 e. The molecule has 0 aromatic carbocycles. The number of nitrogens with zero attached hydrogens (tertiary/aromatic N) is 2. The Labute approximate surface area is 112 Å². The van der Waals surface area contributed by atoms with Gasteiger partial charge in [0, 0.05) is 19.2 Å². The summed E-state index contributed by atoms with van der Waals surface area (Å²) < 4.78 is 28.5. The van der Waals surface area contributed by atoms with E-state index in [9.17, 15) is 8.78 Å². The van der Waals surface area contributed by atoms with E-state index in [0.717, 1.165) is 12.2 Å². The molecule has 0 bridgehead atoms. The van der Waals surface area contributed by atoms with Crippen LogP contribution in [-0.2, 0) is 17.7 Å². The SMILES string of the molecule is CC(C)CNCc1ccnc(CCOCC(F)F)n1. The molecule has 4 nitrogen and oxygen atoms in total. The molecule has 0 unspecified atom stereocenters. The van der Waals surface area contributed by atoms with Gasteiger partial charge in [-0.15, -0.1) is 0 Å². The Kier molecular flexibility index (Phi) is 7.43. The molecule has 0 aliphatic rings. The number of rotatable bonds is 9. The summed E-state index contributed by atoms with van der Waals surface area (Å²) in [5.74, 6) is 1.21. The van der Waals surface area contributed by atoms with Gasteiger partial charge in [-0.05, 0) is 18.5 Å². The maximum absolute atomic E-state index is 11.9. The molecule has 0 saturated heterocycles. The third-order valence-electron chi connectivity index (χ3n) is 2.34. The summed E-state index contributed by atoms with van der Waals surface area (Å²) in [7, 11) is 0. The van der Waals surface area contributed by atoms with Crippen LogP contribution in [0, 0.1) is 5.92 Å². The molecule has 0 spiro atoms. The number of ether oxygens (including phenoxy) is 1. The molecule has 1 N–H and O–H groups in total. The van der Waals surface area contributed by atoms with E-state index < -0.39 is 13.0 Å². The Morgan fingerprint density at radius 3 is 2.84 bits per heavy atom. The second-order valence-electron chi connectivity index (χ2n) is 4.70. The molecule has 0 atom stereocenters. The van der Waals surface area contributed by atoms with Crippen molar-refractivity contribution in [3.8, 4) is 0 Å². The van der Waals surface area contributed by atoms with Crippen LogP contribution < -0.4 is 5.32 Å². The molecule has 108 valence electrons. The van der Waals surface area contributed by atoms with Crippen LogP contribution >= 0.6 is 0 Å². The summed E-state index contributed by atoms with van der Waals surface area (Å²) in [5, 5.41) is 3.29. The summed E-state index contributed by atoms with van der Waals surface area (Å²) in [6, 6.07) is 1.84. The zero-order chi connectivity index (χ0) is 14.1. The minimum atomic E-state index is -2.42. The monoisotopic (exact) mass is 273 g/mol. The van der Waals surface area contributed by atoms with E-state index in [4.69, 9.17) is 4.74 Å². The van der Waals surface area contributed by atoms with Crippen LogP contribution in [0.15, 0.2) is 12.3 Å². The van der Waals surface area contributed by atoms with E-state index in [0.29, 0.717) is 24.7 Å². The quantitative estimate of drug-likeness (QED) is 0.699. The van der Waals surface area contributed by atoms with Gasteiger partial charge in [0.1, 0.15) is 12.4 Å². The molecule has 0 aliphatic heterocycles. The van der Waals surface area contributed by atoms with Gasteiger partial charge in [0.15, 0.2) is 0 Å². The number of hydrogen-bond acceptors (Lipinski definition) is 4. The van der Waals surface area contributed by atoms with E-state index in [1.54, 1.807) is 6.20 Å². The highest BCUT2D eigenvalue weighted by atomic mass is 19.3. The number of nitrogens with one attached hydrogen (secondary N) is 1. The lowest BCUT2D eigenvalue weighted by molar-refractivity contribution is 0.0182. The van der Waals surface area contributed by atoms with Crippen molar-refractivity contribution in [1.82, 2.24) is 15.3 Å². The average Bonchev–Trinajstić information content (AvgIpc) is 2.34. The van der Waals surface area contributed by atoms with Gasteiger partial charge in [-0.2, -0.15) is 0 Å². The fraction of sp³-hybridized carbons (Fsp3) is 0.692. The fourth-order valence-corrected chi connectivity index (χ4v) is 1.48. The molecule has 0 aliphatic carbocycles. The van der Waals surface area contributed by atoms with E-state index in [1.807, 2.05) is 6.07 Å². The number of aromatic nitrogens is 2. The van der Waals surface area contributed by atoms with Gasteiger partial charge in [-0.1, -0.05) is 13.8 Å². The number of halogens is 2. The van der Waals surface area contributed by atoms with Crippen LogP contribution in [0.3, 0.4) is 0 Å². The second-order valence-corrected chi connectivity index (χ2v) is 4.70. The van der Waals surface area contributed by atoms with E-state index >= 15 is 0 Å². The standard InChI is InChI=1S/C13H21F2N3O/c1-10(2)7-16-8-11-3-5-17-13(18-11)4-6-19-9-12(14)15/h3,5,10,12,16H,4,6-9H2,1-2H3. The largest absolute Gasteiger partial charge is 0.375 e. The minimum absolute atomic E-state index is 0.215. The van der Waals surface area contributed by atoms with Crippen molar-refractivity contribution in [2.24, 2.45) is 5.92 Å². The van der Waals surface area contributed by atoms with Gasteiger partial charge in [0.2, 0.25) is 0 Å². The van der Waals surface area contributed by atoms with E-state index in [2.05, 4.69) is 29.1 Å². The molecule has 0 fully saturated rings. The van der Waals surface area contributed by atoms with Crippen molar-refractivity contribution in [3.05, 3.63) is 23.8 Å². The first-order chi connectivity index (χ1) is 9.08. The van der Waals surface area contributed by atoms with Crippen LogP contribution in [-0.4, -0.2) is 36.2 Å². The highest BCUT2D eigenvalue weighted by Gasteiger charge is 2.04. The Bertz CT molecular complexity index is 361. The molecule has 19 heavy (non-hydrogen) atoms. The van der Waals surface area contributed by atoms with Crippen LogP contribution in [0.1, 0.15) is 25.4 Å². The predicted molar refractivity (Wildman–Crippen MR) is 69.1 cm³/mol. The maximum Gasteiger partial charge on any atom is 0.261 e. The lowest BCUT2D eigenvalue weighted by atomic mass is 10.2. The predicted octanol–water partition coefficient (Wildman–Crippen LogP) is 2.05. The van der Waals surface area contributed by atoms with Crippen molar-refractivity contribution in [2.75, 3.05) is 19.8 Å². The van der Waals surface area contributed by atoms with Crippen molar-refractivity contribution in [2.45, 2.75) is 33.2 Å². The first kappa shape index (κ1) is 15.9. The first-order valence-corrected chi connectivity index (χ1v) is 6.45. The highest BCUT2D eigenvalue weighted by Crippen LogP contribution is 1.99. The van der Waals surface area contributed by atoms with E-state index in [-0.39, 0.29) is 6.61 Å². The molecule has 0 radical (unpaired) electrons. The Morgan fingerprint density at radius 2 is 2.16 bits per heavy atom. The second kappa shape index (κ2) is 8.87. The third-order valence-corrected chi connectivity index (χ3v) is 2.34. The summed E-state index contributed by atoms with van der Waals surface area (Å²) >= 11 is 0. The number of alkyl halides is 2. The lowest BCUT2D eigenvalue weighted by Gasteiger charge is -2.08. The van der Waals surface area contributed by atoms with Crippen LogP contribution in [0.4, 0.5) is 8.78 Å². The minimum Gasteiger partial charge on any atom is -0.375 e. The highest BCUT2D eigenvalue weighted by molar-refractivity contribution is 5.02. The van der Waals surface area contributed by atoms with E-state index in [1.165, 1.54) is 0 Å². The molecule has 6 heteroatoms. The van der Waals surface area contributed by atoms with Crippen molar-refractivity contribution in [1.29, 1.82) is 0 Å². The molecular formula is C13H21F2N3O. The number of hydrogen-bond donors (Lipinski definition) is 1. The molecule has 0 amide bonds. The van der Waals surface area contributed by atoms with Gasteiger partial charge in [-0.3, -0.25) is 0 Å². The first-order valence-electron chi connectivity index (χ1n) is 6.45. The molecule has 1 aromatic heterocycles. The van der Waals surface area contributed by atoms with Gasteiger partial charge in [0.25, 0.3) is 6.43 Å². The van der Waals surface area contributed by atoms with Crippen LogP contribution in [0.2, 0.25) is 0 Å². The Morgan fingerprint density at radius 1 is 1.37 bits per heavy atom. The lowest BCUT2D eigenvalue weighted by Crippen LogP contribution is -2.20. The van der Waals surface area contributed by atoms with Crippen LogP contribution in [0.5, 0.6) is 0 Å². The Hall–Kier alpha value is -1.14. The molecule has 1 aromatic rings. The maximum atomic E-state index is 11.9. The van der Waals surface area contributed by atoms with Crippen molar-refractivity contribution < 1.29 is 13.5 Å². The van der Waals surface area contributed by atoms with Crippen LogP contribution in [0.25, 0.3) is 0 Å². The topological polar surface area (TPSA) is 47.0 Å². The zero-order valence-corrected chi connectivity index (χ0v) is 11.4. The zero-order valence-electron chi connectivity index (χ0n) is 11.4. The summed E-state index contributed by atoms with van der Waals surface area (Å²) in [6.45, 7) is 5.57. The molecule has 1 rings (SSSR count). The third kappa shape index (κ3) is 7.79. The summed E-state index contributed by atoms with van der Waals surface area (Å²) in [4.78, 5) is 8.44. The molecule has 1 heterocycles. The Balaban J connectivity index is 2.31. The van der Waals surface area contributed by atoms with Crippen molar-refractivity contribution in [3.63, 3.8) is 0 Å². The summed E-state index contributed by atoms with van der Waals surface area (Å²) in [5.41, 5.74) is 0.902. The summed E-state index contributed by atoms with van der Waals surface area (Å²) in [6.07, 6.45) is -0.292. The van der Waals surface area contributed by atoms with Gasteiger partial charge in [-0.25, -0.2) is 18.7 Å². The fourth-order valence-electron chi connectivity index (χ4n) is 1.48. The van der Waals surface area contributed by atoms with Gasteiger partial charge < -0.3 is 10.1 Å². The average molecular weight is 273 g/mol. The van der Waals surface area contributed by atoms with Crippen molar-refractivity contribution >= 4 is 0 Å². The van der Waals surface area contributed by atoms with Gasteiger partial charge >= 0.3 is 0 Å². The normalized spacial score (nSPS) is 11.5. The van der Waals surface area contributed by atoms with Gasteiger partial charge in [0.05, 0.1) is 12.3 Å². The molecular weight excluding hydrogens is 252 g/mol. The molecule has 0 saturated carbocycles.